The van der Waals surface area contributed by atoms with Crippen molar-refractivity contribution in [3.63, 3.8) is 0 Å². The van der Waals surface area contributed by atoms with E-state index in [1.807, 2.05) is 6.07 Å². The number of rotatable bonds is 2. The molecule has 0 aliphatic carbocycles. The molecule has 1 N–H and O–H groups in total. The van der Waals surface area contributed by atoms with Crippen molar-refractivity contribution < 1.29 is 5.11 Å². The standard InChI is InChI=1S/C12H16ClNO/c1-9-4-5-14(7-9)8-10-6-11(13)2-3-12(10)15/h2-3,6,9,15H,4-5,7-8H2,1H3. The minimum Gasteiger partial charge on any atom is -0.508 e. The molecule has 2 rings (SSSR count). The molecule has 0 radical (unpaired) electrons. The van der Waals surface area contributed by atoms with Crippen LogP contribution in [0.15, 0.2) is 18.2 Å². The van der Waals surface area contributed by atoms with Gasteiger partial charge in [0, 0.05) is 23.7 Å². The van der Waals surface area contributed by atoms with Crippen molar-refractivity contribution in [3.8, 4) is 5.75 Å². The highest BCUT2D eigenvalue weighted by Gasteiger charge is 2.19. The van der Waals surface area contributed by atoms with Crippen LogP contribution in [0.1, 0.15) is 18.9 Å². The highest BCUT2D eigenvalue weighted by Crippen LogP contribution is 2.25. The quantitative estimate of drug-likeness (QED) is 0.837. The van der Waals surface area contributed by atoms with Crippen molar-refractivity contribution in [3.05, 3.63) is 28.8 Å². The molecule has 1 saturated heterocycles. The number of halogens is 1. The van der Waals surface area contributed by atoms with Crippen molar-refractivity contribution in [2.45, 2.75) is 19.9 Å². The van der Waals surface area contributed by atoms with Gasteiger partial charge in [-0.2, -0.15) is 0 Å². The SMILES string of the molecule is CC1CCN(Cc2cc(Cl)ccc2O)C1. The van der Waals surface area contributed by atoms with Crippen LogP contribution in [0.5, 0.6) is 5.75 Å². The molecule has 2 nitrogen and oxygen atoms in total. The van der Waals surface area contributed by atoms with Gasteiger partial charge in [-0.3, -0.25) is 4.90 Å². The van der Waals surface area contributed by atoms with Gasteiger partial charge in [-0.1, -0.05) is 18.5 Å². The van der Waals surface area contributed by atoms with Gasteiger partial charge in [-0.25, -0.2) is 0 Å². The van der Waals surface area contributed by atoms with Gasteiger partial charge in [0.15, 0.2) is 0 Å². The lowest BCUT2D eigenvalue weighted by atomic mass is 10.2. The summed E-state index contributed by atoms with van der Waals surface area (Å²) < 4.78 is 0. The molecule has 0 spiro atoms. The number of phenolic OH excluding ortho intramolecular Hbond substituents is 1. The van der Waals surface area contributed by atoms with Gasteiger partial charge >= 0.3 is 0 Å². The Morgan fingerprint density at radius 3 is 3.00 bits per heavy atom. The fourth-order valence-electron chi connectivity index (χ4n) is 2.09. The molecule has 1 aromatic rings. The fourth-order valence-corrected chi connectivity index (χ4v) is 2.29. The summed E-state index contributed by atoms with van der Waals surface area (Å²) in [5.41, 5.74) is 0.927. The number of nitrogens with zero attached hydrogens (tertiary/aromatic N) is 1. The fraction of sp³-hybridized carbons (Fsp3) is 0.500. The molecule has 1 aromatic carbocycles. The topological polar surface area (TPSA) is 23.5 Å². The molecule has 0 bridgehead atoms. The largest absolute Gasteiger partial charge is 0.508 e. The summed E-state index contributed by atoms with van der Waals surface area (Å²) in [6.45, 7) is 5.30. The first-order valence-electron chi connectivity index (χ1n) is 5.35. The van der Waals surface area contributed by atoms with E-state index >= 15 is 0 Å². The van der Waals surface area contributed by atoms with Crippen molar-refractivity contribution in [2.24, 2.45) is 5.92 Å². The lowest BCUT2D eigenvalue weighted by Crippen LogP contribution is -2.19. The Labute approximate surface area is 95.5 Å². The Morgan fingerprint density at radius 1 is 1.53 bits per heavy atom. The highest BCUT2D eigenvalue weighted by molar-refractivity contribution is 6.30. The Kier molecular flexibility index (Phi) is 3.17. The van der Waals surface area contributed by atoms with Crippen LogP contribution >= 0.6 is 11.6 Å². The molecule has 3 heteroatoms. The number of phenols is 1. The summed E-state index contributed by atoms with van der Waals surface area (Å²) in [4.78, 5) is 2.36. The predicted octanol–water partition coefficient (Wildman–Crippen LogP) is 2.89. The van der Waals surface area contributed by atoms with Gasteiger partial charge in [0.2, 0.25) is 0 Å². The number of likely N-dealkylation sites (tertiary alicyclic amines) is 1. The molecular formula is C12H16ClNO. The summed E-state index contributed by atoms with van der Waals surface area (Å²) in [6.07, 6.45) is 1.25. The Morgan fingerprint density at radius 2 is 2.33 bits per heavy atom. The maximum Gasteiger partial charge on any atom is 0.120 e. The molecule has 0 saturated carbocycles. The predicted molar refractivity (Wildman–Crippen MR) is 62.2 cm³/mol. The number of hydrogen-bond donors (Lipinski definition) is 1. The summed E-state index contributed by atoms with van der Waals surface area (Å²) >= 11 is 5.90. The highest BCUT2D eigenvalue weighted by atomic mass is 35.5. The first kappa shape index (κ1) is 10.8. The van der Waals surface area contributed by atoms with Gasteiger partial charge in [0.05, 0.1) is 0 Å². The number of hydrogen-bond acceptors (Lipinski definition) is 2. The smallest absolute Gasteiger partial charge is 0.120 e. The molecular weight excluding hydrogens is 210 g/mol. The van der Waals surface area contributed by atoms with Gasteiger partial charge in [-0.15, -0.1) is 0 Å². The van der Waals surface area contributed by atoms with E-state index in [2.05, 4.69) is 11.8 Å². The zero-order valence-corrected chi connectivity index (χ0v) is 9.67. The van der Waals surface area contributed by atoms with Gasteiger partial charge in [0.25, 0.3) is 0 Å². The minimum absolute atomic E-state index is 0.346. The number of benzene rings is 1. The molecule has 1 heterocycles. The lowest BCUT2D eigenvalue weighted by Gasteiger charge is -2.16. The van der Waals surface area contributed by atoms with Gasteiger partial charge in [0.1, 0.15) is 5.75 Å². The lowest BCUT2D eigenvalue weighted by molar-refractivity contribution is 0.314. The average Bonchev–Trinajstić information content (AvgIpc) is 2.58. The van der Waals surface area contributed by atoms with Crippen LogP contribution < -0.4 is 0 Å². The summed E-state index contributed by atoms with van der Waals surface area (Å²) in [5, 5.41) is 10.4. The first-order chi connectivity index (χ1) is 7.15. The van der Waals surface area contributed by atoms with Crippen LogP contribution in [0.3, 0.4) is 0 Å². The Bertz CT molecular complexity index is 353. The van der Waals surface area contributed by atoms with Crippen LogP contribution in [-0.2, 0) is 6.54 Å². The third-order valence-corrected chi connectivity index (χ3v) is 3.18. The second-order valence-corrected chi connectivity index (χ2v) is 4.84. The van der Waals surface area contributed by atoms with E-state index in [0.717, 1.165) is 31.1 Å². The molecule has 15 heavy (non-hydrogen) atoms. The molecule has 1 atom stereocenters. The van der Waals surface area contributed by atoms with E-state index in [4.69, 9.17) is 11.6 Å². The molecule has 1 fully saturated rings. The van der Waals surface area contributed by atoms with Crippen LogP contribution in [-0.4, -0.2) is 23.1 Å². The monoisotopic (exact) mass is 225 g/mol. The Balaban J connectivity index is 2.07. The Hall–Kier alpha value is -0.730. The summed E-state index contributed by atoms with van der Waals surface area (Å²) in [7, 11) is 0. The molecule has 0 aromatic heterocycles. The van der Waals surface area contributed by atoms with E-state index in [0.29, 0.717) is 10.8 Å². The molecule has 1 aliphatic heterocycles. The van der Waals surface area contributed by atoms with Crippen LogP contribution in [0.4, 0.5) is 0 Å². The second kappa shape index (κ2) is 4.42. The molecule has 1 unspecified atom stereocenters. The van der Waals surface area contributed by atoms with E-state index in [-0.39, 0.29) is 0 Å². The molecule has 1 aliphatic rings. The van der Waals surface area contributed by atoms with E-state index < -0.39 is 0 Å². The van der Waals surface area contributed by atoms with Gasteiger partial charge in [-0.05, 0) is 37.1 Å². The maximum atomic E-state index is 9.68. The minimum atomic E-state index is 0.346. The summed E-state index contributed by atoms with van der Waals surface area (Å²) in [5.74, 6) is 1.12. The molecule has 82 valence electrons. The zero-order valence-electron chi connectivity index (χ0n) is 8.91. The van der Waals surface area contributed by atoms with E-state index in [1.54, 1.807) is 12.1 Å². The van der Waals surface area contributed by atoms with Crippen molar-refractivity contribution in [2.75, 3.05) is 13.1 Å². The van der Waals surface area contributed by atoms with Gasteiger partial charge < -0.3 is 5.11 Å². The van der Waals surface area contributed by atoms with E-state index in [9.17, 15) is 5.11 Å². The van der Waals surface area contributed by atoms with Crippen molar-refractivity contribution in [1.82, 2.24) is 4.90 Å². The normalized spacial score (nSPS) is 22.1. The third-order valence-electron chi connectivity index (χ3n) is 2.94. The third kappa shape index (κ3) is 2.64. The summed E-state index contributed by atoms with van der Waals surface area (Å²) in [6, 6.07) is 5.23. The second-order valence-electron chi connectivity index (χ2n) is 4.40. The number of aromatic hydroxyl groups is 1. The molecule has 0 amide bonds. The van der Waals surface area contributed by atoms with Crippen LogP contribution in [0, 0.1) is 5.92 Å². The first-order valence-corrected chi connectivity index (χ1v) is 5.72. The zero-order chi connectivity index (χ0) is 10.8. The van der Waals surface area contributed by atoms with Crippen molar-refractivity contribution >= 4 is 11.6 Å². The average molecular weight is 226 g/mol. The maximum absolute atomic E-state index is 9.68. The van der Waals surface area contributed by atoms with Crippen molar-refractivity contribution in [1.29, 1.82) is 0 Å². The van der Waals surface area contributed by atoms with E-state index in [1.165, 1.54) is 6.42 Å². The van der Waals surface area contributed by atoms with Crippen LogP contribution in [0.25, 0.3) is 0 Å². The van der Waals surface area contributed by atoms with Crippen LogP contribution in [0.2, 0.25) is 5.02 Å².